The summed E-state index contributed by atoms with van der Waals surface area (Å²) in [5.41, 5.74) is 2.14. The van der Waals surface area contributed by atoms with Crippen LogP contribution in [0.3, 0.4) is 0 Å². The third-order valence-corrected chi connectivity index (χ3v) is 3.39. The van der Waals surface area contributed by atoms with Gasteiger partial charge >= 0.3 is 0 Å². The molecule has 0 amide bonds. The Morgan fingerprint density at radius 3 is 2.56 bits per heavy atom. The van der Waals surface area contributed by atoms with Crippen LogP contribution in [-0.2, 0) is 11.2 Å². The lowest BCUT2D eigenvalue weighted by Crippen LogP contribution is -1.95. The first-order chi connectivity index (χ1) is 7.77. The fraction of sp³-hybridized carbons (Fsp3) is 0.357. The van der Waals surface area contributed by atoms with E-state index in [1.807, 2.05) is 18.2 Å². The van der Waals surface area contributed by atoms with Gasteiger partial charge in [-0.15, -0.1) is 0 Å². The van der Waals surface area contributed by atoms with Gasteiger partial charge in [0.15, 0.2) is 5.78 Å². The molecule has 1 aliphatic carbocycles. The van der Waals surface area contributed by atoms with E-state index < -0.39 is 0 Å². The number of rotatable bonds is 3. The molecular formula is C14H15ClO. The van der Waals surface area contributed by atoms with Crippen LogP contribution in [-0.4, -0.2) is 5.78 Å². The summed E-state index contributed by atoms with van der Waals surface area (Å²) in [4.78, 5) is 11.5. The van der Waals surface area contributed by atoms with E-state index >= 15 is 0 Å². The van der Waals surface area contributed by atoms with Crippen LogP contribution >= 0.6 is 11.6 Å². The minimum Gasteiger partial charge on any atom is -0.295 e. The predicted molar refractivity (Wildman–Crippen MR) is 66.5 cm³/mol. The van der Waals surface area contributed by atoms with Gasteiger partial charge in [0.25, 0.3) is 0 Å². The Hall–Kier alpha value is -1.08. The minimum atomic E-state index is 0.248. The predicted octanol–water partition coefficient (Wildman–Crippen LogP) is 3.87. The topological polar surface area (TPSA) is 17.1 Å². The number of hydrogen-bond donors (Lipinski definition) is 0. The van der Waals surface area contributed by atoms with Crippen molar-refractivity contribution in [2.45, 2.75) is 32.1 Å². The number of carbonyl (C=O) groups excluding carboxylic acids is 1. The van der Waals surface area contributed by atoms with Gasteiger partial charge in [0.2, 0.25) is 0 Å². The van der Waals surface area contributed by atoms with Crippen molar-refractivity contribution in [3.63, 3.8) is 0 Å². The lowest BCUT2D eigenvalue weighted by Gasteiger charge is -2.03. The van der Waals surface area contributed by atoms with Gasteiger partial charge in [0.1, 0.15) is 0 Å². The van der Waals surface area contributed by atoms with E-state index in [2.05, 4.69) is 12.1 Å². The Morgan fingerprint density at radius 2 is 1.94 bits per heavy atom. The average Bonchev–Trinajstić information content (AvgIpc) is 2.74. The summed E-state index contributed by atoms with van der Waals surface area (Å²) >= 11 is 6.19. The summed E-state index contributed by atoms with van der Waals surface area (Å²) in [5, 5.41) is 0.770. The molecule has 2 rings (SSSR count). The number of hydrogen-bond acceptors (Lipinski definition) is 1. The van der Waals surface area contributed by atoms with Gasteiger partial charge in [-0.1, -0.05) is 41.9 Å². The maximum absolute atomic E-state index is 11.5. The molecule has 0 aromatic heterocycles. The van der Waals surface area contributed by atoms with E-state index in [1.165, 1.54) is 5.56 Å². The smallest absolute Gasteiger partial charge is 0.160 e. The normalized spacial score (nSPS) is 18.9. The Balaban J connectivity index is 1.98. The van der Waals surface area contributed by atoms with Gasteiger partial charge in [-0.05, 0) is 31.2 Å². The molecular weight excluding hydrogens is 220 g/mol. The molecule has 84 valence electrons. The van der Waals surface area contributed by atoms with Crippen LogP contribution < -0.4 is 0 Å². The van der Waals surface area contributed by atoms with Crippen molar-refractivity contribution in [2.75, 3.05) is 0 Å². The van der Waals surface area contributed by atoms with Crippen LogP contribution in [0.4, 0.5) is 0 Å². The lowest BCUT2D eigenvalue weighted by molar-refractivity contribution is -0.114. The van der Waals surface area contributed by atoms with Gasteiger partial charge < -0.3 is 0 Å². The molecule has 0 atom stereocenters. The molecule has 1 aromatic rings. The molecule has 1 aromatic carbocycles. The quantitative estimate of drug-likeness (QED) is 0.726. The number of ketones is 1. The van der Waals surface area contributed by atoms with E-state index in [9.17, 15) is 4.79 Å². The highest BCUT2D eigenvalue weighted by atomic mass is 35.5. The highest BCUT2D eigenvalue weighted by molar-refractivity contribution is 6.32. The number of aryl methyl sites for hydroxylation is 1. The molecule has 0 N–H and O–H groups in total. The second-order valence-corrected chi connectivity index (χ2v) is 4.60. The first-order valence-electron chi connectivity index (χ1n) is 5.72. The molecule has 0 bridgehead atoms. The van der Waals surface area contributed by atoms with Crippen molar-refractivity contribution >= 4 is 17.4 Å². The zero-order valence-electron chi connectivity index (χ0n) is 9.21. The van der Waals surface area contributed by atoms with Gasteiger partial charge in [-0.2, -0.15) is 0 Å². The Bertz CT molecular complexity index is 406. The van der Waals surface area contributed by atoms with Gasteiger partial charge in [0, 0.05) is 17.0 Å². The summed E-state index contributed by atoms with van der Waals surface area (Å²) in [6.07, 6.45) is 4.21. The second-order valence-electron chi connectivity index (χ2n) is 4.15. The molecule has 2 heteroatoms. The van der Waals surface area contributed by atoms with E-state index in [0.717, 1.165) is 36.3 Å². The summed E-state index contributed by atoms with van der Waals surface area (Å²) in [5.74, 6) is 0.248. The Kier molecular flexibility index (Phi) is 3.79. The van der Waals surface area contributed by atoms with E-state index in [4.69, 9.17) is 11.6 Å². The third-order valence-electron chi connectivity index (χ3n) is 2.97. The molecule has 1 nitrogen and oxygen atoms in total. The third kappa shape index (κ3) is 2.73. The SMILES string of the molecule is O=C1CCC/C1=C(/Cl)CCc1ccccc1. The number of benzene rings is 1. The molecule has 0 saturated heterocycles. The maximum atomic E-state index is 11.5. The van der Waals surface area contributed by atoms with E-state index in [1.54, 1.807) is 0 Å². The number of carbonyl (C=O) groups is 1. The molecule has 16 heavy (non-hydrogen) atoms. The van der Waals surface area contributed by atoms with Crippen LogP contribution in [0.15, 0.2) is 40.9 Å². The fourth-order valence-corrected chi connectivity index (χ4v) is 2.35. The monoisotopic (exact) mass is 234 g/mol. The van der Waals surface area contributed by atoms with Gasteiger partial charge in [-0.3, -0.25) is 4.79 Å². The van der Waals surface area contributed by atoms with Crippen molar-refractivity contribution in [1.82, 2.24) is 0 Å². The Labute approximate surface area is 101 Å². The molecule has 0 aliphatic heterocycles. The number of halogens is 1. The van der Waals surface area contributed by atoms with Gasteiger partial charge in [-0.25, -0.2) is 0 Å². The molecule has 0 heterocycles. The standard InChI is InChI=1S/C14H15ClO/c15-13(12-7-4-8-14(12)16)10-9-11-5-2-1-3-6-11/h1-3,5-6H,4,7-10H2/b13-12-. The molecule has 0 unspecified atom stereocenters. The summed E-state index contributed by atoms with van der Waals surface area (Å²) in [6.45, 7) is 0. The van der Waals surface area contributed by atoms with Crippen LogP contribution in [0.5, 0.6) is 0 Å². The first-order valence-corrected chi connectivity index (χ1v) is 6.10. The summed E-state index contributed by atoms with van der Waals surface area (Å²) in [6, 6.07) is 10.2. The van der Waals surface area contributed by atoms with Crippen LogP contribution in [0.2, 0.25) is 0 Å². The van der Waals surface area contributed by atoms with Crippen LogP contribution in [0, 0.1) is 0 Å². The van der Waals surface area contributed by atoms with E-state index in [0.29, 0.717) is 6.42 Å². The van der Waals surface area contributed by atoms with Crippen LogP contribution in [0.1, 0.15) is 31.2 Å². The highest BCUT2D eigenvalue weighted by Gasteiger charge is 2.19. The molecule has 0 radical (unpaired) electrons. The largest absolute Gasteiger partial charge is 0.295 e. The zero-order valence-corrected chi connectivity index (χ0v) is 9.96. The number of Topliss-reactive ketones (excluding diaryl/α,β-unsaturated/α-hetero) is 1. The molecule has 1 saturated carbocycles. The molecule has 1 fully saturated rings. The molecule has 1 aliphatic rings. The highest BCUT2D eigenvalue weighted by Crippen LogP contribution is 2.28. The maximum Gasteiger partial charge on any atom is 0.160 e. The summed E-state index contributed by atoms with van der Waals surface area (Å²) in [7, 11) is 0. The fourth-order valence-electron chi connectivity index (χ4n) is 2.05. The first kappa shape index (κ1) is 11.4. The van der Waals surface area contributed by atoms with Gasteiger partial charge in [0.05, 0.1) is 0 Å². The zero-order chi connectivity index (χ0) is 11.4. The van der Waals surface area contributed by atoms with Crippen molar-refractivity contribution in [3.8, 4) is 0 Å². The minimum absolute atomic E-state index is 0.248. The molecule has 0 spiro atoms. The van der Waals surface area contributed by atoms with Crippen molar-refractivity contribution < 1.29 is 4.79 Å². The van der Waals surface area contributed by atoms with Crippen LogP contribution in [0.25, 0.3) is 0 Å². The van der Waals surface area contributed by atoms with Crippen molar-refractivity contribution in [1.29, 1.82) is 0 Å². The average molecular weight is 235 g/mol. The number of allylic oxidation sites excluding steroid dienone is 2. The summed E-state index contributed by atoms with van der Waals surface area (Å²) < 4.78 is 0. The second kappa shape index (κ2) is 5.31. The van der Waals surface area contributed by atoms with Crippen molar-refractivity contribution in [2.24, 2.45) is 0 Å². The Morgan fingerprint density at radius 1 is 1.19 bits per heavy atom. The van der Waals surface area contributed by atoms with Crippen molar-refractivity contribution in [3.05, 3.63) is 46.5 Å². The van der Waals surface area contributed by atoms with E-state index in [-0.39, 0.29) is 5.78 Å². The lowest BCUT2D eigenvalue weighted by atomic mass is 10.1.